The van der Waals surface area contributed by atoms with Gasteiger partial charge in [-0.15, -0.1) is 6.42 Å². The van der Waals surface area contributed by atoms with Crippen LogP contribution in [0.5, 0.6) is 0 Å². The second-order valence-electron chi connectivity index (χ2n) is 9.45. The van der Waals surface area contributed by atoms with E-state index < -0.39 is 5.60 Å². The summed E-state index contributed by atoms with van der Waals surface area (Å²) in [5.74, 6) is 5.81. The fourth-order valence-corrected chi connectivity index (χ4v) is 7.15. The molecule has 0 bridgehead atoms. The summed E-state index contributed by atoms with van der Waals surface area (Å²) in [4.78, 5) is 12.4. The smallest absolute Gasteiger partial charge is 0.139 e. The number of rotatable bonds is 0. The summed E-state index contributed by atoms with van der Waals surface area (Å²) in [6.45, 7) is 4.71. The van der Waals surface area contributed by atoms with Gasteiger partial charge in [0.15, 0.2) is 0 Å². The van der Waals surface area contributed by atoms with Crippen molar-refractivity contribution >= 4 is 5.78 Å². The molecule has 0 saturated heterocycles. The van der Waals surface area contributed by atoms with Crippen LogP contribution in [0.4, 0.5) is 0 Å². The van der Waals surface area contributed by atoms with Crippen LogP contribution >= 0.6 is 0 Å². The molecule has 2 unspecified atom stereocenters. The van der Waals surface area contributed by atoms with Gasteiger partial charge < -0.3 is 5.11 Å². The molecule has 0 amide bonds. The Hall–Kier alpha value is -0.810. The van der Waals surface area contributed by atoms with E-state index in [0.29, 0.717) is 23.0 Å². The van der Waals surface area contributed by atoms with E-state index in [0.717, 1.165) is 50.4 Å². The lowest BCUT2D eigenvalue weighted by molar-refractivity contribution is -0.146. The fraction of sp³-hybridized carbons (Fsp3) is 0.857. The van der Waals surface area contributed by atoms with Crippen LogP contribution in [0.15, 0.2) is 0 Å². The molecule has 4 aliphatic carbocycles. The molecular formula is C21H30O2. The highest BCUT2D eigenvalue weighted by Gasteiger charge is 2.61. The normalized spacial score (nSPS) is 55.5. The van der Waals surface area contributed by atoms with E-state index in [1.807, 2.05) is 0 Å². The van der Waals surface area contributed by atoms with Crippen molar-refractivity contribution in [1.82, 2.24) is 0 Å². The molecule has 0 aromatic carbocycles. The Morgan fingerprint density at radius 2 is 1.87 bits per heavy atom. The zero-order valence-corrected chi connectivity index (χ0v) is 14.6. The summed E-state index contributed by atoms with van der Waals surface area (Å²) >= 11 is 0. The topological polar surface area (TPSA) is 37.3 Å². The minimum Gasteiger partial charge on any atom is -0.378 e. The molecule has 23 heavy (non-hydrogen) atoms. The van der Waals surface area contributed by atoms with Gasteiger partial charge >= 0.3 is 0 Å². The first-order valence-electron chi connectivity index (χ1n) is 9.56. The van der Waals surface area contributed by atoms with Gasteiger partial charge in [-0.2, -0.15) is 0 Å². The Morgan fingerprint density at radius 1 is 1.09 bits per heavy atom. The van der Waals surface area contributed by atoms with Gasteiger partial charge in [0.25, 0.3) is 0 Å². The van der Waals surface area contributed by atoms with Gasteiger partial charge in [-0.3, -0.25) is 4.79 Å². The van der Waals surface area contributed by atoms with E-state index in [4.69, 9.17) is 6.42 Å². The van der Waals surface area contributed by atoms with E-state index in [1.165, 1.54) is 19.3 Å². The molecule has 7 atom stereocenters. The number of fused-ring (bicyclic) bond motifs is 5. The number of carbonyl (C=O) groups is 1. The number of hydrogen-bond donors (Lipinski definition) is 1. The molecule has 0 aromatic heterocycles. The number of terminal acetylenes is 1. The first-order valence-corrected chi connectivity index (χ1v) is 9.56. The Bertz CT molecular complexity index is 575. The van der Waals surface area contributed by atoms with Gasteiger partial charge in [0, 0.05) is 11.8 Å². The minimum atomic E-state index is -0.872. The molecule has 1 N–H and O–H groups in total. The largest absolute Gasteiger partial charge is 0.378 e. The highest BCUT2D eigenvalue weighted by Crippen LogP contribution is 2.66. The maximum absolute atomic E-state index is 12.4. The van der Waals surface area contributed by atoms with Crippen molar-refractivity contribution in [2.75, 3.05) is 0 Å². The van der Waals surface area contributed by atoms with E-state index in [-0.39, 0.29) is 5.41 Å². The predicted molar refractivity (Wildman–Crippen MR) is 90.5 cm³/mol. The monoisotopic (exact) mass is 314 g/mol. The van der Waals surface area contributed by atoms with Crippen molar-refractivity contribution in [1.29, 1.82) is 0 Å². The van der Waals surface area contributed by atoms with Gasteiger partial charge in [-0.1, -0.05) is 19.8 Å². The zero-order chi connectivity index (χ0) is 16.5. The van der Waals surface area contributed by atoms with Crippen LogP contribution in [-0.4, -0.2) is 16.5 Å². The van der Waals surface area contributed by atoms with Crippen molar-refractivity contribution in [3.63, 3.8) is 0 Å². The van der Waals surface area contributed by atoms with Crippen molar-refractivity contribution in [3.05, 3.63) is 0 Å². The Balaban J connectivity index is 1.62. The molecule has 126 valence electrons. The summed E-state index contributed by atoms with van der Waals surface area (Å²) in [7, 11) is 0. The Kier molecular flexibility index (Phi) is 3.31. The summed E-state index contributed by atoms with van der Waals surface area (Å²) < 4.78 is 0. The molecule has 0 aliphatic heterocycles. The average molecular weight is 314 g/mol. The third kappa shape index (κ3) is 2.02. The van der Waals surface area contributed by atoms with Gasteiger partial charge in [-0.25, -0.2) is 0 Å². The maximum atomic E-state index is 12.4. The first kappa shape index (κ1) is 15.7. The van der Waals surface area contributed by atoms with E-state index >= 15 is 0 Å². The first-order chi connectivity index (χ1) is 10.8. The molecule has 4 saturated carbocycles. The highest BCUT2D eigenvalue weighted by molar-refractivity contribution is 5.87. The Morgan fingerprint density at radius 3 is 2.61 bits per heavy atom. The van der Waals surface area contributed by atoms with Gasteiger partial charge in [-0.05, 0) is 80.5 Å². The number of carbonyl (C=O) groups excluding carboxylic acids is 1. The highest BCUT2D eigenvalue weighted by atomic mass is 16.3. The van der Waals surface area contributed by atoms with Crippen molar-refractivity contribution < 1.29 is 9.90 Å². The van der Waals surface area contributed by atoms with Gasteiger partial charge in [0.2, 0.25) is 0 Å². The molecule has 4 rings (SSSR count). The molecular weight excluding hydrogens is 284 g/mol. The standard InChI is InChI=1S/C21H30O2/c1-4-21(23)12-11-19(2)14(13-21)5-6-15-16-7-8-18(22)20(16,3)10-9-17(15)19/h1,14-17,23H,5-13H2,2-3H3/t14?,15-,16-,17-,19-,20-,21?/m0/s1. The molecule has 4 fully saturated rings. The maximum Gasteiger partial charge on any atom is 0.139 e. The Labute approximate surface area is 140 Å². The van der Waals surface area contributed by atoms with Crippen LogP contribution in [0, 0.1) is 46.8 Å². The quantitative estimate of drug-likeness (QED) is 0.687. The lowest BCUT2D eigenvalue weighted by atomic mass is 9.44. The lowest BCUT2D eigenvalue weighted by Gasteiger charge is -2.60. The molecule has 2 heteroatoms. The van der Waals surface area contributed by atoms with Crippen LogP contribution in [0.25, 0.3) is 0 Å². The van der Waals surface area contributed by atoms with Gasteiger partial charge in [0.1, 0.15) is 11.4 Å². The van der Waals surface area contributed by atoms with Crippen LogP contribution in [0.1, 0.15) is 71.6 Å². The number of Topliss-reactive ketones (excluding diaryl/α,β-unsaturated/α-hetero) is 1. The summed E-state index contributed by atoms with van der Waals surface area (Å²) in [5.41, 5.74) is -0.582. The second-order valence-corrected chi connectivity index (χ2v) is 9.45. The van der Waals surface area contributed by atoms with Crippen molar-refractivity contribution in [2.45, 2.75) is 77.2 Å². The minimum absolute atomic E-state index is 0.0292. The van der Waals surface area contributed by atoms with E-state index in [9.17, 15) is 9.90 Å². The zero-order valence-electron chi connectivity index (χ0n) is 14.6. The van der Waals surface area contributed by atoms with Gasteiger partial charge in [0.05, 0.1) is 0 Å². The van der Waals surface area contributed by atoms with E-state index in [2.05, 4.69) is 19.8 Å². The number of ketones is 1. The fourth-order valence-electron chi connectivity index (χ4n) is 7.15. The third-order valence-corrected chi connectivity index (χ3v) is 8.70. The molecule has 0 aromatic rings. The molecule has 0 radical (unpaired) electrons. The second kappa shape index (κ2) is 4.85. The van der Waals surface area contributed by atoms with Crippen LogP contribution in [-0.2, 0) is 4.79 Å². The van der Waals surface area contributed by atoms with E-state index in [1.54, 1.807) is 0 Å². The summed E-state index contributed by atoms with van der Waals surface area (Å²) in [6.07, 6.45) is 14.8. The summed E-state index contributed by atoms with van der Waals surface area (Å²) in [5, 5.41) is 10.6. The summed E-state index contributed by atoms with van der Waals surface area (Å²) in [6, 6.07) is 0. The van der Waals surface area contributed by atoms with Crippen LogP contribution in [0.2, 0.25) is 0 Å². The number of hydrogen-bond acceptors (Lipinski definition) is 2. The van der Waals surface area contributed by atoms with Crippen molar-refractivity contribution in [2.24, 2.45) is 34.5 Å². The molecule has 0 heterocycles. The third-order valence-electron chi connectivity index (χ3n) is 8.70. The van der Waals surface area contributed by atoms with Crippen LogP contribution < -0.4 is 0 Å². The SMILES string of the molecule is C#CC1(O)CC[C@@]2(C)C(CC[C@@H]3[C@@H]2CC[C@]2(C)C(=O)CC[C@@H]32)C1. The van der Waals surface area contributed by atoms with Crippen molar-refractivity contribution in [3.8, 4) is 12.3 Å². The molecule has 0 spiro atoms. The van der Waals surface area contributed by atoms with Crippen LogP contribution in [0.3, 0.4) is 0 Å². The molecule has 4 aliphatic rings. The average Bonchev–Trinajstić information content (AvgIpc) is 2.84. The predicted octanol–water partition coefficient (Wildman–Crippen LogP) is 3.96. The lowest BCUT2D eigenvalue weighted by Crippen LogP contribution is -2.55. The number of aliphatic hydroxyl groups is 1. The molecule has 2 nitrogen and oxygen atoms in total.